The summed E-state index contributed by atoms with van der Waals surface area (Å²) in [6.07, 6.45) is 0. The van der Waals surface area contributed by atoms with Gasteiger partial charge in [-0.3, -0.25) is 0 Å². The lowest BCUT2D eigenvalue weighted by atomic mass is 9.89. The number of rotatable bonds is 7. The van der Waals surface area contributed by atoms with Crippen molar-refractivity contribution in [3.8, 4) is 67.1 Å². The summed E-state index contributed by atoms with van der Waals surface area (Å²) in [6, 6.07) is 85.6. The third kappa shape index (κ3) is 5.88. The van der Waals surface area contributed by atoms with Crippen LogP contribution in [0.1, 0.15) is 0 Å². The van der Waals surface area contributed by atoms with E-state index in [1.54, 1.807) is 0 Å². The van der Waals surface area contributed by atoms with Crippen molar-refractivity contribution in [2.24, 2.45) is 0 Å². The second-order valence-corrected chi connectivity index (χ2v) is 16.0. The van der Waals surface area contributed by atoms with Crippen molar-refractivity contribution < 1.29 is 4.74 Å². The molecular weight excluding hydrogens is 751 g/mol. The Labute approximate surface area is 361 Å². The molecule has 0 saturated heterocycles. The van der Waals surface area contributed by atoms with E-state index in [0.29, 0.717) is 0 Å². The average molecular weight is 790 g/mol. The van der Waals surface area contributed by atoms with Gasteiger partial charge in [0.15, 0.2) is 0 Å². The molecule has 62 heavy (non-hydrogen) atoms. The highest BCUT2D eigenvalue weighted by Gasteiger charge is 2.25. The van der Waals surface area contributed by atoms with Crippen molar-refractivity contribution in [1.82, 2.24) is 0 Å². The summed E-state index contributed by atoms with van der Waals surface area (Å²) >= 11 is 0. The minimum atomic E-state index is 0.888. The van der Waals surface area contributed by atoms with Gasteiger partial charge < -0.3 is 9.64 Å². The van der Waals surface area contributed by atoms with Crippen LogP contribution in [0.2, 0.25) is 0 Å². The molecule has 0 spiro atoms. The molecule has 0 aliphatic carbocycles. The van der Waals surface area contributed by atoms with Gasteiger partial charge >= 0.3 is 0 Å². The molecule has 1 heterocycles. The minimum Gasteiger partial charge on any atom is -0.456 e. The van der Waals surface area contributed by atoms with E-state index >= 15 is 0 Å². The first-order chi connectivity index (χ1) is 30.8. The van der Waals surface area contributed by atoms with Crippen molar-refractivity contribution in [2.45, 2.75) is 0 Å². The van der Waals surface area contributed by atoms with Gasteiger partial charge in [-0.2, -0.15) is 0 Å². The van der Waals surface area contributed by atoms with Crippen LogP contribution in [0.5, 0.6) is 11.5 Å². The highest BCUT2D eigenvalue weighted by atomic mass is 16.5. The van der Waals surface area contributed by atoms with Crippen LogP contribution >= 0.6 is 0 Å². The van der Waals surface area contributed by atoms with E-state index < -0.39 is 0 Å². The SMILES string of the molecule is c1ccc(-c2cccc3cccc(-c4ccccc4N(c4cccc(-c5ccc6c7c(cccc57)-c5ccccc5O6)c4)c4ccccc4-c4cccc5ccccc45)c23)cc1. The van der Waals surface area contributed by atoms with Crippen molar-refractivity contribution >= 4 is 49.4 Å². The van der Waals surface area contributed by atoms with Crippen LogP contribution in [-0.2, 0) is 0 Å². The Hall–Kier alpha value is -8.20. The Balaban J connectivity index is 1.11. The Kier molecular flexibility index (Phi) is 8.53. The number of nitrogens with zero attached hydrogens (tertiary/aromatic N) is 1. The number of fused-ring (bicyclic) bond motifs is 4. The zero-order valence-corrected chi connectivity index (χ0v) is 33.9. The Morgan fingerprint density at radius 2 is 0.806 bits per heavy atom. The van der Waals surface area contributed by atoms with Crippen molar-refractivity contribution in [3.63, 3.8) is 0 Å². The van der Waals surface area contributed by atoms with E-state index in [1.807, 2.05) is 6.07 Å². The molecule has 11 aromatic carbocycles. The quantitative estimate of drug-likeness (QED) is 0.159. The monoisotopic (exact) mass is 789 g/mol. The second kappa shape index (κ2) is 14.8. The van der Waals surface area contributed by atoms with Crippen LogP contribution in [0.15, 0.2) is 237 Å². The number of hydrogen-bond donors (Lipinski definition) is 0. The normalized spacial score (nSPS) is 11.7. The summed E-state index contributed by atoms with van der Waals surface area (Å²) in [5.41, 5.74) is 15.0. The lowest BCUT2D eigenvalue weighted by molar-refractivity contribution is 0.487. The van der Waals surface area contributed by atoms with Crippen LogP contribution in [0.4, 0.5) is 17.1 Å². The lowest BCUT2D eigenvalue weighted by Crippen LogP contribution is -2.12. The smallest absolute Gasteiger partial charge is 0.135 e. The maximum Gasteiger partial charge on any atom is 0.135 e. The summed E-state index contributed by atoms with van der Waals surface area (Å²) < 4.78 is 6.52. The van der Waals surface area contributed by atoms with E-state index in [4.69, 9.17) is 4.74 Å². The van der Waals surface area contributed by atoms with E-state index in [9.17, 15) is 0 Å². The molecule has 1 aliphatic heterocycles. The van der Waals surface area contributed by atoms with Gasteiger partial charge in [-0.05, 0) is 102 Å². The molecule has 290 valence electrons. The fourth-order valence-electron chi connectivity index (χ4n) is 9.73. The fourth-order valence-corrected chi connectivity index (χ4v) is 9.73. The lowest BCUT2D eigenvalue weighted by Gasteiger charge is -2.31. The molecule has 0 radical (unpaired) electrons. The molecule has 0 fully saturated rings. The van der Waals surface area contributed by atoms with Gasteiger partial charge in [-0.15, -0.1) is 0 Å². The Morgan fingerprint density at radius 3 is 1.61 bits per heavy atom. The average Bonchev–Trinajstić information content (AvgIpc) is 3.34. The first-order valence-corrected chi connectivity index (χ1v) is 21.3. The number of para-hydroxylation sites is 3. The van der Waals surface area contributed by atoms with E-state index in [-0.39, 0.29) is 0 Å². The second-order valence-electron chi connectivity index (χ2n) is 16.0. The summed E-state index contributed by atoms with van der Waals surface area (Å²) in [5.74, 6) is 1.78. The standard InChI is InChI=1S/C60H39NO/c1-2-17-41(18-3-1)47-29-14-21-42-22-15-31-53(59(42)47)50-27-7-10-35-56(50)61(55-34-9-6-26-49(55)48-30-13-20-40-19-4-5-25-45(40)48)44-24-12-23-43(39-44)46-37-38-58-60-52(46)32-16-33-54(60)51-28-8-11-36-57(51)62-58/h1-39H. The van der Waals surface area contributed by atoms with Crippen LogP contribution < -0.4 is 9.64 Å². The third-order valence-corrected chi connectivity index (χ3v) is 12.5. The number of hydrogen-bond acceptors (Lipinski definition) is 2. The molecule has 2 nitrogen and oxygen atoms in total. The van der Waals surface area contributed by atoms with Gasteiger partial charge in [-0.25, -0.2) is 0 Å². The minimum absolute atomic E-state index is 0.888. The Bertz CT molecular complexity index is 3500. The molecule has 0 amide bonds. The van der Waals surface area contributed by atoms with Crippen LogP contribution in [0.3, 0.4) is 0 Å². The topological polar surface area (TPSA) is 12.5 Å². The molecule has 0 bridgehead atoms. The molecule has 0 unspecified atom stereocenters. The fraction of sp³-hybridized carbons (Fsp3) is 0. The predicted octanol–water partition coefficient (Wildman–Crippen LogP) is 17.1. The van der Waals surface area contributed by atoms with Gasteiger partial charge in [0.05, 0.1) is 11.4 Å². The molecule has 0 atom stereocenters. The maximum atomic E-state index is 6.52. The zero-order chi connectivity index (χ0) is 41.0. The van der Waals surface area contributed by atoms with Gasteiger partial charge in [0, 0.05) is 27.8 Å². The molecule has 12 rings (SSSR count). The molecule has 0 N–H and O–H groups in total. The zero-order valence-electron chi connectivity index (χ0n) is 33.9. The van der Waals surface area contributed by atoms with Crippen LogP contribution in [0.25, 0.3) is 88.0 Å². The molecule has 0 saturated carbocycles. The number of ether oxygens (including phenoxy) is 1. The molecule has 2 heteroatoms. The van der Waals surface area contributed by atoms with E-state index in [1.165, 1.54) is 54.7 Å². The third-order valence-electron chi connectivity index (χ3n) is 12.5. The predicted molar refractivity (Wildman–Crippen MR) is 261 cm³/mol. The highest BCUT2D eigenvalue weighted by Crippen LogP contribution is 2.51. The van der Waals surface area contributed by atoms with Crippen molar-refractivity contribution in [3.05, 3.63) is 237 Å². The maximum absolute atomic E-state index is 6.52. The first-order valence-electron chi connectivity index (χ1n) is 21.3. The summed E-state index contributed by atoms with van der Waals surface area (Å²) in [6.45, 7) is 0. The van der Waals surface area contributed by atoms with Crippen molar-refractivity contribution in [2.75, 3.05) is 4.90 Å². The van der Waals surface area contributed by atoms with Gasteiger partial charge in [0.2, 0.25) is 0 Å². The summed E-state index contributed by atoms with van der Waals surface area (Å²) in [4.78, 5) is 2.48. The number of benzene rings is 11. The Morgan fingerprint density at radius 1 is 0.274 bits per heavy atom. The summed E-state index contributed by atoms with van der Waals surface area (Å²) in [5, 5.41) is 7.18. The molecule has 1 aliphatic rings. The summed E-state index contributed by atoms with van der Waals surface area (Å²) in [7, 11) is 0. The van der Waals surface area contributed by atoms with Crippen molar-refractivity contribution in [1.29, 1.82) is 0 Å². The molecule has 11 aromatic rings. The van der Waals surface area contributed by atoms with E-state index in [2.05, 4.69) is 235 Å². The van der Waals surface area contributed by atoms with E-state index in [0.717, 1.165) is 61.8 Å². The number of anilines is 3. The van der Waals surface area contributed by atoms with Gasteiger partial charge in [0.25, 0.3) is 0 Å². The molecule has 0 aromatic heterocycles. The first kappa shape index (κ1) is 35.7. The molecular formula is C60H39NO. The highest BCUT2D eigenvalue weighted by molar-refractivity contribution is 6.12. The largest absolute Gasteiger partial charge is 0.456 e. The van der Waals surface area contributed by atoms with Crippen LogP contribution in [-0.4, -0.2) is 0 Å². The van der Waals surface area contributed by atoms with Gasteiger partial charge in [0.1, 0.15) is 11.5 Å². The van der Waals surface area contributed by atoms with Crippen LogP contribution in [0, 0.1) is 0 Å². The van der Waals surface area contributed by atoms with Gasteiger partial charge in [-0.1, -0.05) is 200 Å².